The van der Waals surface area contributed by atoms with Crippen molar-refractivity contribution < 1.29 is 19.1 Å². The van der Waals surface area contributed by atoms with E-state index in [1.54, 1.807) is 6.21 Å². The molecule has 1 fully saturated rings. The Kier molecular flexibility index (Phi) is 7.36. The van der Waals surface area contributed by atoms with E-state index in [1.165, 1.54) is 7.11 Å². The van der Waals surface area contributed by atoms with Crippen LogP contribution >= 0.6 is 11.8 Å². The average molecular weight is 387 g/mol. The molecular weight excluding hydrogens is 366 g/mol. The van der Waals surface area contributed by atoms with Gasteiger partial charge in [0.15, 0.2) is 5.17 Å². The Hall–Kier alpha value is -2.87. The molecule has 2 rings (SSSR count). The summed E-state index contributed by atoms with van der Waals surface area (Å²) in [7, 11) is 1.24. The van der Waals surface area contributed by atoms with Gasteiger partial charge in [0.25, 0.3) is 5.91 Å². The van der Waals surface area contributed by atoms with Gasteiger partial charge in [-0.2, -0.15) is 5.10 Å². The molecule has 0 atom stereocenters. The zero-order chi connectivity index (χ0) is 19.8. The van der Waals surface area contributed by atoms with Gasteiger partial charge in [-0.05, 0) is 61.4 Å². The van der Waals surface area contributed by atoms with Crippen molar-refractivity contribution in [1.29, 1.82) is 0 Å². The smallest absolute Gasteiger partial charge is 0.331 e. The number of benzene rings is 1. The number of carbonyl (C=O) groups excluding carboxylic acids is 2. The van der Waals surface area contributed by atoms with Gasteiger partial charge in [-0.1, -0.05) is 6.08 Å². The van der Waals surface area contributed by atoms with Crippen LogP contribution in [0.4, 0.5) is 0 Å². The maximum absolute atomic E-state index is 11.7. The van der Waals surface area contributed by atoms with Crippen molar-refractivity contribution in [2.45, 2.75) is 26.4 Å². The molecule has 7 nitrogen and oxygen atoms in total. The molecule has 142 valence electrons. The highest BCUT2D eigenvalue weighted by Gasteiger charge is 2.24. The molecule has 0 spiro atoms. The summed E-state index contributed by atoms with van der Waals surface area (Å²) in [4.78, 5) is 23.2. The van der Waals surface area contributed by atoms with Gasteiger partial charge in [0.1, 0.15) is 5.75 Å². The van der Waals surface area contributed by atoms with Gasteiger partial charge in [-0.25, -0.2) is 4.79 Å². The first-order chi connectivity index (χ1) is 12.9. The van der Waals surface area contributed by atoms with Crippen LogP contribution in [-0.2, 0) is 20.7 Å². The number of methoxy groups -OCH3 is 1. The Morgan fingerprint density at radius 3 is 2.85 bits per heavy atom. The fourth-order valence-electron chi connectivity index (χ4n) is 2.15. The van der Waals surface area contributed by atoms with Crippen LogP contribution in [0.15, 0.2) is 52.0 Å². The van der Waals surface area contributed by atoms with Crippen molar-refractivity contribution in [2.75, 3.05) is 7.11 Å². The Labute approximate surface area is 162 Å². The molecule has 1 aromatic carbocycles. The number of rotatable bonds is 7. The third kappa shape index (κ3) is 6.10. The maximum atomic E-state index is 11.7. The number of hydrogen-bond acceptors (Lipinski definition) is 7. The third-order valence-corrected chi connectivity index (χ3v) is 4.17. The van der Waals surface area contributed by atoms with Gasteiger partial charge in [-0.3, -0.25) is 10.1 Å². The first kappa shape index (κ1) is 20.4. The Bertz CT molecular complexity index is 828. The molecule has 1 amide bonds. The number of amides is 1. The highest BCUT2D eigenvalue weighted by atomic mass is 32.2. The molecule has 1 N–H and O–H groups in total. The lowest BCUT2D eigenvalue weighted by atomic mass is 10.1. The lowest BCUT2D eigenvalue weighted by molar-refractivity contribution is -0.135. The Morgan fingerprint density at radius 2 is 2.19 bits per heavy atom. The van der Waals surface area contributed by atoms with Gasteiger partial charge < -0.3 is 9.47 Å². The number of nitrogens with one attached hydrogen (secondary N) is 1. The van der Waals surface area contributed by atoms with Crippen molar-refractivity contribution in [1.82, 2.24) is 5.32 Å². The second kappa shape index (κ2) is 9.72. The van der Waals surface area contributed by atoms with E-state index >= 15 is 0 Å². The van der Waals surface area contributed by atoms with Gasteiger partial charge in [0.2, 0.25) is 0 Å². The summed E-state index contributed by atoms with van der Waals surface area (Å²) in [6, 6.07) is 5.71. The molecule has 0 aliphatic carbocycles. The van der Waals surface area contributed by atoms with E-state index in [2.05, 4.69) is 26.8 Å². The van der Waals surface area contributed by atoms with Crippen molar-refractivity contribution >= 4 is 35.0 Å². The van der Waals surface area contributed by atoms with Crippen molar-refractivity contribution in [3.63, 3.8) is 0 Å². The van der Waals surface area contributed by atoms with E-state index in [9.17, 15) is 9.59 Å². The van der Waals surface area contributed by atoms with Gasteiger partial charge in [-0.15, -0.1) is 11.7 Å². The molecule has 1 aliphatic rings. The van der Waals surface area contributed by atoms with Crippen molar-refractivity contribution in [3.05, 3.63) is 53.0 Å². The number of thioether (sulfide) groups is 1. The van der Waals surface area contributed by atoms with E-state index in [0.29, 0.717) is 6.42 Å². The number of hydrogen-bond donors (Lipinski definition) is 1. The summed E-state index contributed by atoms with van der Waals surface area (Å²) in [6.45, 7) is 7.71. The molecular formula is C19H21N3O4S. The van der Waals surface area contributed by atoms with Gasteiger partial charge in [0, 0.05) is 6.08 Å². The molecule has 1 aliphatic heterocycles. The number of amidine groups is 1. The fraction of sp³-hybridized carbons (Fsp3) is 0.263. The number of esters is 1. The summed E-state index contributed by atoms with van der Waals surface area (Å²) < 4.78 is 10.3. The number of carbonyl (C=O) groups is 2. The first-order valence-electron chi connectivity index (χ1n) is 8.23. The van der Waals surface area contributed by atoms with Crippen LogP contribution in [0.5, 0.6) is 5.75 Å². The molecule has 27 heavy (non-hydrogen) atoms. The Morgan fingerprint density at radius 1 is 1.41 bits per heavy atom. The summed E-state index contributed by atoms with van der Waals surface area (Å²) >= 11 is 1.02. The molecule has 0 aromatic heterocycles. The minimum absolute atomic E-state index is 0.0784. The normalized spacial score (nSPS) is 17.0. The quantitative estimate of drug-likeness (QED) is 0.255. The second-order valence-corrected chi connectivity index (χ2v) is 6.79. The van der Waals surface area contributed by atoms with Crippen LogP contribution in [0.25, 0.3) is 0 Å². The summed E-state index contributed by atoms with van der Waals surface area (Å²) in [5.74, 6) is -0.205. The summed E-state index contributed by atoms with van der Waals surface area (Å²) in [5, 5.41) is 10.8. The third-order valence-electron chi connectivity index (χ3n) is 3.27. The van der Waals surface area contributed by atoms with E-state index in [-0.39, 0.29) is 16.2 Å². The maximum Gasteiger partial charge on any atom is 0.331 e. The van der Waals surface area contributed by atoms with E-state index in [4.69, 9.17) is 4.74 Å². The van der Waals surface area contributed by atoms with E-state index in [0.717, 1.165) is 34.7 Å². The van der Waals surface area contributed by atoms with Crippen LogP contribution in [0.1, 0.15) is 25.0 Å². The molecule has 8 heteroatoms. The highest BCUT2D eigenvalue weighted by molar-refractivity contribution is 8.18. The highest BCUT2D eigenvalue weighted by Crippen LogP contribution is 2.24. The average Bonchev–Trinajstić information content (AvgIpc) is 2.96. The number of ether oxygens (including phenoxy) is 2. The monoisotopic (exact) mass is 387 g/mol. The topological polar surface area (TPSA) is 89.4 Å². The number of allylic oxidation sites excluding steroid dienone is 1. The zero-order valence-corrected chi connectivity index (χ0v) is 16.2. The lowest BCUT2D eigenvalue weighted by Gasteiger charge is -2.13. The largest absolute Gasteiger partial charge is 0.491 e. The summed E-state index contributed by atoms with van der Waals surface area (Å²) in [6.07, 6.45) is 5.25. The van der Waals surface area contributed by atoms with Crippen molar-refractivity contribution in [3.8, 4) is 5.75 Å². The standard InChI is InChI=1S/C19H21N3O4S/c1-5-6-14-9-13(7-8-15(14)26-12(2)3)11-20-22-19-21-18(24)16(27-19)10-17(23)25-4/h5,7-12H,1,6H2,2-4H3,(H,21,22,24)/b16-10+,20-11?. The minimum atomic E-state index is -0.601. The summed E-state index contributed by atoms with van der Waals surface area (Å²) in [5.41, 5.74) is 1.84. The molecule has 0 bridgehead atoms. The van der Waals surface area contributed by atoms with Gasteiger partial charge in [0.05, 0.1) is 24.3 Å². The minimum Gasteiger partial charge on any atom is -0.491 e. The molecule has 0 radical (unpaired) electrons. The molecule has 1 heterocycles. The van der Waals surface area contributed by atoms with Crippen LogP contribution in [0, 0.1) is 0 Å². The van der Waals surface area contributed by atoms with Crippen LogP contribution in [0.3, 0.4) is 0 Å². The Balaban J connectivity index is 2.11. The van der Waals surface area contributed by atoms with Crippen LogP contribution < -0.4 is 10.1 Å². The first-order valence-corrected chi connectivity index (χ1v) is 9.05. The molecule has 1 aromatic rings. The van der Waals surface area contributed by atoms with E-state index in [1.807, 2.05) is 38.1 Å². The number of nitrogens with zero attached hydrogens (tertiary/aromatic N) is 2. The predicted molar refractivity (Wildman–Crippen MR) is 107 cm³/mol. The zero-order valence-electron chi connectivity index (χ0n) is 15.4. The second-order valence-electron chi connectivity index (χ2n) is 5.76. The van der Waals surface area contributed by atoms with Crippen molar-refractivity contribution in [2.24, 2.45) is 10.2 Å². The SMILES string of the molecule is C=CCc1cc(C=N/N=C2/NC(=O)/C(=C\C(=O)OC)S2)ccc1OC(C)C. The van der Waals surface area contributed by atoms with Crippen LogP contribution in [-0.4, -0.2) is 36.5 Å². The molecule has 0 unspecified atom stereocenters. The molecule has 0 saturated carbocycles. The predicted octanol–water partition coefficient (Wildman–Crippen LogP) is 2.81. The van der Waals surface area contributed by atoms with Crippen LogP contribution in [0.2, 0.25) is 0 Å². The lowest BCUT2D eigenvalue weighted by Crippen LogP contribution is -2.19. The van der Waals surface area contributed by atoms with E-state index < -0.39 is 11.9 Å². The fourth-order valence-corrected chi connectivity index (χ4v) is 2.89. The van der Waals surface area contributed by atoms with Gasteiger partial charge >= 0.3 is 5.97 Å². The molecule has 1 saturated heterocycles.